The SMILES string of the molecule is NC(=O)c1ccc(N)c(-n2cc(I)cn2)c1. The number of anilines is 1. The van der Waals surface area contributed by atoms with E-state index in [0.29, 0.717) is 16.9 Å². The summed E-state index contributed by atoms with van der Waals surface area (Å²) in [6.07, 6.45) is 3.52. The summed E-state index contributed by atoms with van der Waals surface area (Å²) in [7, 11) is 0. The first-order valence-corrected chi connectivity index (χ1v) is 5.55. The van der Waals surface area contributed by atoms with E-state index < -0.39 is 5.91 Å². The highest BCUT2D eigenvalue weighted by Crippen LogP contribution is 2.19. The second-order valence-electron chi connectivity index (χ2n) is 3.24. The van der Waals surface area contributed by atoms with Crippen LogP contribution >= 0.6 is 22.6 Å². The zero-order valence-electron chi connectivity index (χ0n) is 8.22. The van der Waals surface area contributed by atoms with Gasteiger partial charge in [0.2, 0.25) is 5.91 Å². The van der Waals surface area contributed by atoms with E-state index in [1.165, 1.54) is 0 Å². The highest BCUT2D eigenvalue weighted by atomic mass is 127. The Labute approximate surface area is 106 Å². The van der Waals surface area contributed by atoms with Gasteiger partial charge in [0.15, 0.2) is 0 Å². The second kappa shape index (κ2) is 4.12. The van der Waals surface area contributed by atoms with Crippen LogP contribution < -0.4 is 11.5 Å². The second-order valence-corrected chi connectivity index (χ2v) is 4.49. The fourth-order valence-electron chi connectivity index (χ4n) is 1.33. The monoisotopic (exact) mass is 328 g/mol. The molecular weight excluding hydrogens is 319 g/mol. The van der Waals surface area contributed by atoms with Crippen molar-refractivity contribution in [2.45, 2.75) is 0 Å². The number of primary amides is 1. The molecule has 1 heterocycles. The first kappa shape index (κ1) is 10.9. The number of nitrogen functional groups attached to an aromatic ring is 1. The van der Waals surface area contributed by atoms with Gasteiger partial charge in [-0.3, -0.25) is 4.79 Å². The van der Waals surface area contributed by atoms with E-state index in [4.69, 9.17) is 11.5 Å². The maximum Gasteiger partial charge on any atom is 0.248 e. The molecule has 1 aromatic carbocycles. The molecule has 0 aliphatic heterocycles. The third kappa shape index (κ3) is 2.01. The summed E-state index contributed by atoms with van der Waals surface area (Å²) in [5.41, 5.74) is 12.6. The van der Waals surface area contributed by atoms with Gasteiger partial charge in [0.1, 0.15) is 0 Å². The first-order chi connectivity index (χ1) is 7.58. The molecular formula is C10H9IN4O. The van der Waals surface area contributed by atoms with Crippen LogP contribution in [0.1, 0.15) is 10.4 Å². The summed E-state index contributed by atoms with van der Waals surface area (Å²) < 4.78 is 2.60. The van der Waals surface area contributed by atoms with Crippen LogP contribution in [0.25, 0.3) is 5.69 Å². The lowest BCUT2D eigenvalue weighted by Crippen LogP contribution is -2.12. The van der Waals surface area contributed by atoms with Crippen molar-refractivity contribution in [1.82, 2.24) is 9.78 Å². The lowest BCUT2D eigenvalue weighted by Gasteiger charge is -2.06. The molecule has 0 aliphatic rings. The molecule has 0 fully saturated rings. The molecule has 4 N–H and O–H groups in total. The first-order valence-electron chi connectivity index (χ1n) is 4.48. The number of carbonyl (C=O) groups is 1. The normalized spacial score (nSPS) is 10.3. The summed E-state index contributed by atoms with van der Waals surface area (Å²) in [6, 6.07) is 4.86. The Morgan fingerprint density at radius 3 is 2.75 bits per heavy atom. The maximum absolute atomic E-state index is 11.1. The molecule has 6 heteroatoms. The zero-order valence-corrected chi connectivity index (χ0v) is 10.4. The van der Waals surface area contributed by atoms with E-state index in [1.807, 2.05) is 6.20 Å². The van der Waals surface area contributed by atoms with E-state index in [0.717, 1.165) is 3.57 Å². The van der Waals surface area contributed by atoms with E-state index in [9.17, 15) is 4.79 Å². The lowest BCUT2D eigenvalue weighted by molar-refractivity contribution is 0.100. The van der Waals surface area contributed by atoms with Crippen molar-refractivity contribution >= 4 is 34.2 Å². The van der Waals surface area contributed by atoms with Gasteiger partial charge in [0, 0.05) is 11.8 Å². The van der Waals surface area contributed by atoms with E-state index in [1.54, 1.807) is 29.1 Å². The van der Waals surface area contributed by atoms with Gasteiger partial charge in [0.25, 0.3) is 0 Å². The third-order valence-electron chi connectivity index (χ3n) is 2.11. The van der Waals surface area contributed by atoms with Crippen molar-refractivity contribution in [3.63, 3.8) is 0 Å². The van der Waals surface area contributed by atoms with E-state index in [-0.39, 0.29) is 0 Å². The third-order valence-corrected chi connectivity index (χ3v) is 2.67. The Hall–Kier alpha value is -1.57. The van der Waals surface area contributed by atoms with Crippen LogP contribution in [0.3, 0.4) is 0 Å². The molecule has 0 bridgehead atoms. The average molecular weight is 328 g/mol. The molecule has 0 saturated carbocycles. The van der Waals surface area contributed by atoms with Crippen molar-refractivity contribution in [1.29, 1.82) is 0 Å². The zero-order chi connectivity index (χ0) is 11.7. The predicted molar refractivity (Wildman–Crippen MR) is 69.2 cm³/mol. The molecule has 1 aromatic heterocycles. The van der Waals surface area contributed by atoms with Gasteiger partial charge < -0.3 is 11.5 Å². The maximum atomic E-state index is 11.1. The molecule has 1 amide bonds. The number of nitrogens with zero attached hydrogens (tertiary/aromatic N) is 2. The quantitative estimate of drug-likeness (QED) is 0.641. The van der Waals surface area contributed by atoms with Crippen LogP contribution in [0.5, 0.6) is 0 Å². The van der Waals surface area contributed by atoms with Crippen LogP contribution in [0.4, 0.5) is 5.69 Å². The number of aromatic nitrogens is 2. The van der Waals surface area contributed by atoms with Gasteiger partial charge in [-0.15, -0.1) is 0 Å². The smallest absolute Gasteiger partial charge is 0.248 e. The van der Waals surface area contributed by atoms with Crippen LogP contribution in [-0.4, -0.2) is 15.7 Å². The van der Waals surface area contributed by atoms with Gasteiger partial charge in [-0.05, 0) is 40.8 Å². The number of hydrogen-bond acceptors (Lipinski definition) is 3. The minimum atomic E-state index is -0.483. The molecule has 0 atom stereocenters. The molecule has 0 saturated heterocycles. The Kier molecular flexibility index (Phi) is 2.82. The summed E-state index contributed by atoms with van der Waals surface area (Å²) >= 11 is 2.15. The molecule has 2 rings (SSSR count). The van der Waals surface area contributed by atoms with Gasteiger partial charge in [0.05, 0.1) is 21.1 Å². The van der Waals surface area contributed by atoms with Crippen LogP contribution in [-0.2, 0) is 0 Å². The molecule has 0 unspecified atom stereocenters. The van der Waals surface area contributed by atoms with Crippen LogP contribution in [0.15, 0.2) is 30.6 Å². The van der Waals surface area contributed by atoms with Crippen molar-refractivity contribution < 1.29 is 4.79 Å². The number of hydrogen-bond donors (Lipinski definition) is 2. The largest absolute Gasteiger partial charge is 0.397 e. The van der Waals surface area contributed by atoms with E-state index in [2.05, 4.69) is 27.7 Å². The van der Waals surface area contributed by atoms with Crippen molar-refractivity contribution in [3.05, 3.63) is 39.7 Å². The number of nitrogens with two attached hydrogens (primary N) is 2. The molecule has 5 nitrogen and oxygen atoms in total. The summed E-state index contributed by atoms with van der Waals surface area (Å²) in [5, 5.41) is 4.12. The fraction of sp³-hybridized carbons (Fsp3) is 0. The minimum Gasteiger partial charge on any atom is -0.397 e. The average Bonchev–Trinajstić information content (AvgIpc) is 2.65. The van der Waals surface area contributed by atoms with Gasteiger partial charge >= 0.3 is 0 Å². The lowest BCUT2D eigenvalue weighted by atomic mass is 10.1. The van der Waals surface area contributed by atoms with Crippen molar-refractivity contribution in [3.8, 4) is 5.69 Å². The van der Waals surface area contributed by atoms with Gasteiger partial charge in [-0.2, -0.15) is 5.10 Å². The minimum absolute atomic E-state index is 0.412. The highest BCUT2D eigenvalue weighted by Gasteiger charge is 2.07. The summed E-state index contributed by atoms with van der Waals surface area (Å²) in [4.78, 5) is 11.1. The van der Waals surface area contributed by atoms with Crippen LogP contribution in [0, 0.1) is 3.57 Å². The van der Waals surface area contributed by atoms with Crippen molar-refractivity contribution in [2.24, 2.45) is 5.73 Å². The molecule has 16 heavy (non-hydrogen) atoms. The Morgan fingerprint density at radius 1 is 1.44 bits per heavy atom. The highest BCUT2D eigenvalue weighted by molar-refractivity contribution is 14.1. The Balaban J connectivity index is 2.55. The van der Waals surface area contributed by atoms with Gasteiger partial charge in [-0.25, -0.2) is 4.68 Å². The summed E-state index contributed by atoms with van der Waals surface area (Å²) in [6.45, 7) is 0. The number of benzene rings is 1. The van der Waals surface area contributed by atoms with Crippen LogP contribution in [0.2, 0.25) is 0 Å². The standard InChI is InChI=1S/C10H9IN4O/c11-7-4-14-15(5-7)9-3-6(10(13)16)1-2-8(9)12/h1-5H,12H2,(H2,13,16). The molecule has 0 spiro atoms. The number of carbonyl (C=O) groups excluding carboxylic acids is 1. The number of halogens is 1. The molecule has 82 valence electrons. The topological polar surface area (TPSA) is 86.9 Å². The number of rotatable bonds is 2. The predicted octanol–water partition coefficient (Wildman–Crippen LogP) is 1.16. The Morgan fingerprint density at radius 2 is 2.19 bits per heavy atom. The van der Waals surface area contributed by atoms with E-state index >= 15 is 0 Å². The molecule has 2 aromatic rings. The van der Waals surface area contributed by atoms with Gasteiger partial charge in [-0.1, -0.05) is 0 Å². The number of amides is 1. The molecule has 0 aliphatic carbocycles. The molecule has 0 radical (unpaired) electrons. The summed E-state index contributed by atoms with van der Waals surface area (Å²) in [5.74, 6) is -0.483. The van der Waals surface area contributed by atoms with Crippen molar-refractivity contribution in [2.75, 3.05) is 5.73 Å². The fourth-order valence-corrected chi connectivity index (χ4v) is 1.72. The Bertz CT molecular complexity index is 550.